The van der Waals surface area contributed by atoms with E-state index in [9.17, 15) is 14.7 Å². The van der Waals surface area contributed by atoms with Gasteiger partial charge in [-0.05, 0) is 39.7 Å². The van der Waals surface area contributed by atoms with Crippen molar-refractivity contribution in [3.8, 4) is 5.88 Å². The fourth-order valence-electron chi connectivity index (χ4n) is 1.54. The number of carbonyl (C=O) groups excluding carboxylic acids is 1. The average molecular weight is 294 g/mol. The zero-order valence-corrected chi connectivity index (χ0v) is 12.2. The van der Waals surface area contributed by atoms with E-state index in [2.05, 4.69) is 10.3 Å². The van der Waals surface area contributed by atoms with Crippen LogP contribution in [0.1, 0.15) is 44.1 Å². The molecule has 21 heavy (non-hydrogen) atoms. The number of hydrogen-bond acceptors (Lipinski definition) is 5. The van der Waals surface area contributed by atoms with Gasteiger partial charge in [-0.2, -0.15) is 0 Å². The second-order valence-corrected chi connectivity index (χ2v) is 5.79. The number of aromatic carboxylic acids is 1. The van der Waals surface area contributed by atoms with Crippen LogP contribution in [0.25, 0.3) is 0 Å². The van der Waals surface area contributed by atoms with Gasteiger partial charge in [-0.1, -0.05) is 0 Å². The first-order valence-corrected chi connectivity index (χ1v) is 6.65. The Morgan fingerprint density at radius 1 is 1.33 bits per heavy atom. The van der Waals surface area contributed by atoms with Crippen LogP contribution in [0.5, 0.6) is 5.88 Å². The van der Waals surface area contributed by atoms with E-state index in [4.69, 9.17) is 9.47 Å². The van der Waals surface area contributed by atoms with Crippen LogP contribution in [0, 0.1) is 0 Å². The highest BCUT2D eigenvalue weighted by atomic mass is 16.6. The maximum absolute atomic E-state index is 11.7. The number of carboxylic acids is 1. The Morgan fingerprint density at radius 3 is 2.52 bits per heavy atom. The summed E-state index contributed by atoms with van der Waals surface area (Å²) >= 11 is 0. The van der Waals surface area contributed by atoms with Crippen molar-refractivity contribution in [1.29, 1.82) is 0 Å². The SMILES string of the molecule is CC(C)(C)OC(=O)Nc1ccc(OC2CC2)nc1C(=O)O. The van der Waals surface area contributed by atoms with Crippen LogP contribution in [0.4, 0.5) is 10.5 Å². The molecule has 7 heteroatoms. The summed E-state index contributed by atoms with van der Waals surface area (Å²) in [5, 5.41) is 11.6. The van der Waals surface area contributed by atoms with Crippen molar-refractivity contribution >= 4 is 17.7 Å². The Labute approximate surface area is 122 Å². The summed E-state index contributed by atoms with van der Waals surface area (Å²) in [5.41, 5.74) is -0.880. The summed E-state index contributed by atoms with van der Waals surface area (Å²) in [7, 11) is 0. The predicted octanol–water partition coefficient (Wildman–Crippen LogP) is 2.67. The molecule has 1 aromatic heterocycles. The molecule has 0 atom stereocenters. The first-order chi connectivity index (χ1) is 9.74. The number of ether oxygens (including phenoxy) is 2. The molecule has 114 valence electrons. The molecule has 2 rings (SSSR count). The Bertz CT molecular complexity index is 561. The first kappa shape index (κ1) is 15.1. The molecule has 0 spiro atoms. The van der Waals surface area contributed by atoms with E-state index in [1.54, 1.807) is 20.8 Å². The van der Waals surface area contributed by atoms with Crippen LogP contribution >= 0.6 is 0 Å². The number of carboxylic acid groups (broad SMARTS) is 1. The number of hydrogen-bond donors (Lipinski definition) is 2. The van der Waals surface area contributed by atoms with Crippen LogP contribution in [0.2, 0.25) is 0 Å². The Kier molecular flexibility index (Phi) is 4.02. The van der Waals surface area contributed by atoms with Gasteiger partial charge in [0, 0.05) is 6.07 Å². The van der Waals surface area contributed by atoms with Gasteiger partial charge in [0.15, 0.2) is 5.69 Å². The van der Waals surface area contributed by atoms with Gasteiger partial charge in [-0.25, -0.2) is 14.6 Å². The molecule has 1 heterocycles. The normalized spacial score (nSPS) is 14.4. The minimum absolute atomic E-state index is 0.0693. The summed E-state index contributed by atoms with van der Waals surface area (Å²) in [5.74, 6) is -1.01. The molecule has 1 amide bonds. The average Bonchev–Trinajstić information content (AvgIpc) is 3.12. The first-order valence-electron chi connectivity index (χ1n) is 6.65. The lowest BCUT2D eigenvalue weighted by Gasteiger charge is -2.20. The van der Waals surface area contributed by atoms with Crippen LogP contribution in [0.15, 0.2) is 12.1 Å². The maximum atomic E-state index is 11.7. The van der Waals surface area contributed by atoms with Crippen LogP contribution in [-0.4, -0.2) is 33.9 Å². The summed E-state index contributed by atoms with van der Waals surface area (Å²) < 4.78 is 10.5. The van der Waals surface area contributed by atoms with E-state index in [0.717, 1.165) is 12.8 Å². The molecule has 0 aromatic carbocycles. The lowest BCUT2D eigenvalue weighted by Crippen LogP contribution is -2.28. The van der Waals surface area contributed by atoms with Gasteiger partial charge in [0.1, 0.15) is 11.7 Å². The van der Waals surface area contributed by atoms with E-state index in [-0.39, 0.29) is 23.4 Å². The molecule has 1 aliphatic rings. The number of aromatic nitrogens is 1. The molecule has 0 aliphatic heterocycles. The molecule has 0 unspecified atom stereocenters. The number of nitrogens with one attached hydrogen (secondary N) is 1. The van der Waals surface area contributed by atoms with E-state index < -0.39 is 17.7 Å². The van der Waals surface area contributed by atoms with Crippen molar-refractivity contribution in [1.82, 2.24) is 4.98 Å². The maximum Gasteiger partial charge on any atom is 0.412 e. The lowest BCUT2D eigenvalue weighted by atomic mass is 10.2. The van der Waals surface area contributed by atoms with Gasteiger partial charge >= 0.3 is 12.1 Å². The van der Waals surface area contributed by atoms with Crippen LogP contribution < -0.4 is 10.1 Å². The molecular formula is C14H18N2O5. The Balaban J connectivity index is 2.14. The number of nitrogens with zero attached hydrogens (tertiary/aromatic N) is 1. The summed E-state index contributed by atoms with van der Waals surface area (Å²) in [6.07, 6.45) is 1.27. The summed E-state index contributed by atoms with van der Waals surface area (Å²) in [6, 6.07) is 2.97. The van der Waals surface area contributed by atoms with Gasteiger partial charge in [0.25, 0.3) is 0 Å². The van der Waals surface area contributed by atoms with E-state index in [1.165, 1.54) is 12.1 Å². The summed E-state index contributed by atoms with van der Waals surface area (Å²) in [6.45, 7) is 5.15. The number of carbonyl (C=O) groups is 2. The fraction of sp³-hybridized carbons (Fsp3) is 0.500. The quantitative estimate of drug-likeness (QED) is 0.886. The Morgan fingerprint density at radius 2 is 2.00 bits per heavy atom. The predicted molar refractivity (Wildman–Crippen MR) is 74.7 cm³/mol. The largest absolute Gasteiger partial charge is 0.476 e. The third kappa shape index (κ3) is 4.62. The number of rotatable bonds is 4. The van der Waals surface area contributed by atoms with Crippen LogP contribution in [0.3, 0.4) is 0 Å². The van der Waals surface area contributed by atoms with Crippen LogP contribution in [-0.2, 0) is 4.74 Å². The summed E-state index contributed by atoms with van der Waals surface area (Å²) in [4.78, 5) is 26.8. The number of anilines is 1. The van der Waals surface area contributed by atoms with E-state index in [0.29, 0.717) is 0 Å². The molecule has 0 radical (unpaired) electrons. The lowest BCUT2D eigenvalue weighted by molar-refractivity contribution is 0.0635. The standard InChI is InChI=1S/C14H18N2O5/c1-14(2,3)21-13(19)15-9-6-7-10(20-8-4-5-8)16-11(9)12(17)18/h6-8H,4-5H2,1-3H3,(H,15,19)(H,17,18). The van der Waals surface area contributed by atoms with Crippen molar-refractivity contribution in [2.24, 2.45) is 0 Å². The molecule has 0 bridgehead atoms. The highest BCUT2D eigenvalue weighted by Gasteiger charge is 2.25. The van der Waals surface area contributed by atoms with Crippen molar-refractivity contribution in [2.75, 3.05) is 5.32 Å². The fourth-order valence-corrected chi connectivity index (χ4v) is 1.54. The molecule has 0 saturated heterocycles. The van der Waals surface area contributed by atoms with Crippen molar-refractivity contribution in [3.63, 3.8) is 0 Å². The molecular weight excluding hydrogens is 276 g/mol. The van der Waals surface area contributed by atoms with Crippen molar-refractivity contribution in [3.05, 3.63) is 17.8 Å². The molecule has 1 fully saturated rings. The number of amides is 1. The van der Waals surface area contributed by atoms with E-state index in [1.807, 2.05) is 0 Å². The van der Waals surface area contributed by atoms with Crippen molar-refractivity contribution in [2.45, 2.75) is 45.3 Å². The topological polar surface area (TPSA) is 97.8 Å². The zero-order valence-electron chi connectivity index (χ0n) is 12.2. The van der Waals surface area contributed by atoms with Gasteiger partial charge in [0.05, 0.1) is 5.69 Å². The van der Waals surface area contributed by atoms with Gasteiger partial charge < -0.3 is 14.6 Å². The molecule has 1 aromatic rings. The highest BCUT2D eigenvalue weighted by molar-refractivity contribution is 5.97. The smallest absolute Gasteiger partial charge is 0.412 e. The third-order valence-corrected chi connectivity index (χ3v) is 2.52. The second kappa shape index (κ2) is 5.59. The Hall–Kier alpha value is -2.31. The third-order valence-electron chi connectivity index (χ3n) is 2.52. The molecule has 1 saturated carbocycles. The molecule has 1 aliphatic carbocycles. The van der Waals surface area contributed by atoms with Gasteiger partial charge in [0.2, 0.25) is 5.88 Å². The minimum atomic E-state index is -1.25. The monoisotopic (exact) mass is 294 g/mol. The van der Waals surface area contributed by atoms with Gasteiger partial charge in [-0.15, -0.1) is 0 Å². The highest BCUT2D eigenvalue weighted by Crippen LogP contribution is 2.27. The van der Waals surface area contributed by atoms with Crippen molar-refractivity contribution < 1.29 is 24.2 Å². The van der Waals surface area contributed by atoms with Gasteiger partial charge in [-0.3, -0.25) is 5.32 Å². The second-order valence-electron chi connectivity index (χ2n) is 5.79. The van der Waals surface area contributed by atoms with E-state index >= 15 is 0 Å². The number of pyridine rings is 1. The minimum Gasteiger partial charge on any atom is -0.476 e. The molecule has 2 N–H and O–H groups in total. The molecule has 7 nitrogen and oxygen atoms in total. The zero-order chi connectivity index (χ0) is 15.6.